The Morgan fingerprint density at radius 3 is 2.94 bits per heavy atom. The minimum Gasteiger partial charge on any atom is -0.320 e. The number of nitrogens with zero attached hydrogens (tertiary/aromatic N) is 1. The first-order valence-corrected chi connectivity index (χ1v) is 7.25. The molecule has 1 atom stereocenters. The van der Waals surface area contributed by atoms with Gasteiger partial charge in [0.2, 0.25) is 0 Å². The van der Waals surface area contributed by atoms with E-state index in [-0.39, 0.29) is 6.04 Å². The van der Waals surface area contributed by atoms with Crippen LogP contribution in [0.15, 0.2) is 51.9 Å². The van der Waals surface area contributed by atoms with Gasteiger partial charge in [0.25, 0.3) is 0 Å². The molecule has 2 nitrogen and oxygen atoms in total. The van der Waals surface area contributed by atoms with Gasteiger partial charge in [0.05, 0.1) is 9.83 Å². The maximum Gasteiger partial charge on any atom is 0.0701 e. The van der Waals surface area contributed by atoms with Gasteiger partial charge in [-0.2, -0.15) is 0 Å². The first-order valence-electron chi connectivity index (χ1n) is 5.58. The number of rotatable bonds is 2. The zero-order valence-corrected chi connectivity index (χ0v) is 11.9. The van der Waals surface area contributed by atoms with Crippen molar-refractivity contribution < 1.29 is 0 Å². The Morgan fingerprint density at radius 1 is 1.28 bits per heavy atom. The summed E-state index contributed by atoms with van der Waals surface area (Å²) in [6, 6.07) is 10.2. The normalized spacial score (nSPS) is 12.8. The van der Waals surface area contributed by atoms with Gasteiger partial charge in [0.1, 0.15) is 0 Å². The van der Waals surface area contributed by atoms with Crippen molar-refractivity contribution in [2.24, 2.45) is 5.73 Å². The number of benzene rings is 1. The molecular weight excluding hydrogens is 308 g/mol. The number of halogens is 1. The molecule has 90 valence electrons. The molecule has 0 radical (unpaired) electrons. The van der Waals surface area contributed by atoms with Crippen LogP contribution in [-0.4, -0.2) is 4.98 Å². The van der Waals surface area contributed by atoms with Crippen molar-refractivity contribution in [3.05, 3.63) is 63.0 Å². The van der Waals surface area contributed by atoms with E-state index in [0.29, 0.717) is 0 Å². The van der Waals surface area contributed by atoms with Gasteiger partial charge in [0, 0.05) is 17.8 Å². The highest BCUT2D eigenvalue weighted by Crippen LogP contribution is 2.31. The summed E-state index contributed by atoms with van der Waals surface area (Å²) in [4.78, 5) is 4.14. The molecule has 4 heteroatoms. The Balaban J connectivity index is 2.14. The van der Waals surface area contributed by atoms with E-state index in [1.54, 1.807) is 11.3 Å². The van der Waals surface area contributed by atoms with Crippen LogP contribution in [0.1, 0.15) is 17.2 Å². The predicted molar refractivity (Wildman–Crippen MR) is 79.8 cm³/mol. The van der Waals surface area contributed by atoms with Gasteiger partial charge in [0.15, 0.2) is 0 Å². The molecule has 18 heavy (non-hydrogen) atoms. The molecule has 1 aromatic carbocycles. The number of thiophene rings is 1. The van der Waals surface area contributed by atoms with E-state index in [1.807, 2.05) is 24.5 Å². The fourth-order valence-corrected chi connectivity index (χ4v) is 3.30. The minimum absolute atomic E-state index is 0.0985. The van der Waals surface area contributed by atoms with Gasteiger partial charge in [-0.05, 0) is 50.0 Å². The maximum absolute atomic E-state index is 6.36. The van der Waals surface area contributed by atoms with E-state index < -0.39 is 0 Å². The lowest BCUT2D eigenvalue weighted by molar-refractivity contribution is 0.886. The fourth-order valence-electron chi connectivity index (χ4n) is 2.08. The SMILES string of the molecule is NC(c1csc(Br)c1)c1cccc2cnccc12. The van der Waals surface area contributed by atoms with Gasteiger partial charge in [-0.3, -0.25) is 4.98 Å². The topological polar surface area (TPSA) is 38.9 Å². The molecule has 0 aliphatic carbocycles. The van der Waals surface area contributed by atoms with Crippen LogP contribution >= 0.6 is 27.3 Å². The summed E-state index contributed by atoms with van der Waals surface area (Å²) >= 11 is 5.13. The molecule has 2 aromatic heterocycles. The fraction of sp³-hybridized carbons (Fsp3) is 0.0714. The summed E-state index contributed by atoms with van der Waals surface area (Å²) in [5.41, 5.74) is 8.64. The van der Waals surface area contributed by atoms with Gasteiger partial charge in [-0.25, -0.2) is 0 Å². The molecular formula is C14H11BrN2S. The first kappa shape index (κ1) is 11.8. The number of pyridine rings is 1. The van der Waals surface area contributed by atoms with Gasteiger partial charge in [-0.1, -0.05) is 18.2 Å². The van der Waals surface area contributed by atoms with E-state index in [2.05, 4.69) is 44.5 Å². The van der Waals surface area contributed by atoms with Crippen molar-refractivity contribution in [3.8, 4) is 0 Å². The van der Waals surface area contributed by atoms with Crippen molar-refractivity contribution in [1.29, 1.82) is 0 Å². The van der Waals surface area contributed by atoms with Gasteiger partial charge in [-0.15, -0.1) is 11.3 Å². The number of fused-ring (bicyclic) bond motifs is 1. The van der Waals surface area contributed by atoms with Crippen molar-refractivity contribution in [1.82, 2.24) is 4.98 Å². The van der Waals surface area contributed by atoms with E-state index in [4.69, 9.17) is 5.73 Å². The minimum atomic E-state index is -0.0985. The van der Waals surface area contributed by atoms with Crippen LogP contribution in [0.3, 0.4) is 0 Å². The Labute approximate surface area is 118 Å². The average molecular weight is 319 g/mol. The molecule has 0 aliphatic heterocycles. The van der Waals surface area contributed by atoms with E-state index in [0.717, 1.165) is 20.3 Å². The Morgan fingerprint density at radius 2 is 2.17 bits per heavy atom. The molecule has 3 aromatic rings. The molecule has 2 heterocycles. The Kier molecular flexibility index (Phi) is 3.16. The van der Waals surface area contributed by atoms with Crippen LogP contribution in [0, 0.1) is 0 Å². The molecule has 0 spiro atoms. The third-order valence-electron chi connectivity index (χ3n) is 3.00. The number of hydrogen-bond acceptors (Lipinski definition) is 3. The maximum atomic E-state index is 6.36. The second-order valence-corrected chi connectivity index (χ2v) is 6.40. The van der Waals surface area contributed by atoms with E-state index in [9.17, 15) is 0 Å². The van der Waals surface area contributed by atoms with E-state index >= 15 is 0 Å². The molecule has 0 bridgehead atoms. The monoisotopic (exact) mass is 318 g/mol. The summed E-state index contributed by atoms with van der Waals surface area (Å²) in [6.45, 7) is 0. The number of hydrogen-bond donors (Lipinski definition) is 1. The molecule has 1 unspecified atom stereocenters. The lowest BCUT2D eigenvalue weighted by atomic mass is 9.97. The summed E-state index contributed by atoms with van der Waals surface area (Å²) < 4.78 is 1.11. The van der Waals surface area contributed by atoms with Crippen molar-refractivity contribution in [2.45, 2.75) is 6.04 Å². The standard InChI is InChI=1S/C14H11BrN2S/c15-13-6-10(8-18-13)14(16)12-3-1-2-9-7-17-5-4-11(9)12/h1-8,14H,16H2. The molecule has 2 N–H and O–H groups in total. The molecule has 0 aliphatic rings. The Hall–Kier alpha value is -1.23. The smallest absolute Gasteiger partial charge is 0.0701 e. The second kappa shape index (κ2) is 4.80. The van der Waals surface area contributed by atoms with Gasteiger partial charge < -0.3 is 5.73 Å². The zero-order chi connectivity index (χ0) is 12.5. The Bertz CT molecular complexity index is 688. The highest BCUT2D eigenvalue weighted by Gasteiger charge is 2.13. The van der Waals surface area contributed by atoms with E-state index in [1.165, 1.54) is 5.39 Å². The van der Waals surface area contributed by atoms with Crippen LogP contribution in [0.4, 0.5) is 0 Å². The lowest BCUT2D eigenvalue weighted by Gasteiger charge is -2.13. The van der Waals surface area contributed by atoms with Crippen molar-refractivity contribution >= 4 is 38.0 Å². The molecule has 0 saturated heterocycles. The summed E-state index contributed by atoms with van der Waals surface area (Å²) in [5.74, 6) is 0. The predicted octanol–water partition coefficient (Wildman–Crippen LogP) is 4.11. The molecule has 0 amide bonds. The number of aromatic nitrogens is 1. The third-order valence-corrected chi connectivity index (χ3v) is 4.52. The van der Waals surface area contributed by atoms with Crippen LogP contribution in [0.5, 0.6) is 0 Å². The third kappa shape index (κ3) is 2.07. The quantitative estimate of drug-likeness (QED) is 0.772. The summed E-state index contributed by atoms with van der Waals surface area (Å²) in [5, 5.41) is 4.39. The molecule has 3 rings (SSSR count). The van der Waals surface area contributed by atoms with Gasteiger partial charge >= 0.3 is 0 Å². The second-order valence-electron chi connectivity index (χ2n) is 4.11. The average Bonchev–Trinajstić information content (AvgIpc) is 2.84. The molecule has 0 fully saturated rings. The van der Waals surface area contributed by atoms with Crippen molar-refractivity contribution in [3.63, 3.8) is 0 Å². The number of nitrogens with two attached hydrogens (primary N) is 1. The highest BCUT2D eigenvalue weighted by molar-refractivity contribution is 9.11. The highest BCUT2D eigenvalue weighted by atomic mass is 79.9. The molecule has 0 saturated carbocycles. The summed E-state index contributed by atoms with van der Waals surface area (Å²) in [7, 11) is 0. The first-order chi connectivity index (χ1) is 8.75. The largest absolute Gasteiger partial charge is 0.320 e. The van der Waals surface area contributed by atoms with Crippen LogP contribution in [-0.2, 0) is 0 Å². The van der Waals surface area contributed by atoms with Crippen LogP contribution in [0.25, 0.3) is 10.8 Å². The van der Waals surface area contributed by atoms with Crippen LogP contribution in [0.2, 0.25) is 0 Å². The van der Waals surface area contributed by atoms with Crippen molar-refractivity contribution in [2.75, 3.05) is 0 Å². The summed E-state index contributed by atoms with van der Waals surface area (Å²) in [6.07, 6.45) is 3.68. The zero-order valence-electron chi connectivity index (χ0n) is 9.51. The lowest BCUT2D eigenvalue weighted by Crippen LogP contribution is -2.11. The van der Waals surface area contributed by atoms with Crippen LogP contribution < -0.4 is 5.73 Å².